The molecule has 1 heterocycles. The Bertz CT molecular complexity index is 539. The van der Waals surface area contributed by atoms with Gasteiger partial charge in [0.15, 0.2) is 0 Å². The van der Waals surface area contributed by atoms with Crippen molar-refractivity contribution in [2.45, 2.75) is 6.92 Å². The summed E-state index contributed by atoms with van der Waals surface area (Å²) < 4.78 is 27.4. The Hall–Kier alpha value is -1.97. The minimum atomic E-state index is -0.624. The zero-order valence-electron chi connectivity index (χ0n) is 8.67. The first kappa shape index (κ1) is 10.5. The summed E-state index contributed by atoms with van der Waals surface area (Å²) in [5.74, 6) is -1.21. The third kappa shape index (κ3) is 1.62. The van der Waals surface area contributed by atoms with E-state index in [9.17, 15) is 8.78 Å². The van der Waals surface area contributed by atoms with Crippen LogP contribution in [-0.2, 0) is 0 Å². The third-order valence-corrected chi connectivity index (χ3v) is 2.41. The van der Waals surface area contributed by atoms with Gasteiger partial charge in [-0.2, -0.15) is 0 Å². The Kier molecular flexibility index (Phi) is 2.56. The molecule has 0 fully saturated rings. The summed E-state index contributed by atoms with van der Waals surface area (Å²) in [6, 6.07) is 4.12. The van der Waals surface area contributed by atoms with E-state index in [1.807, 2.05) is 0 Å². The maximum Gasteiger partial charge on any atom is 0.136 e. The van der Waals surface area contributed by atoms with E-state index in [-0.39, 0.29) is 11.3 Å². The molecule has 2 nitrogen and oxygen atoms in total. The lowest BCUT2D eigenvalue weighted by Gasteiger charge is -2.09. The van der Waals surface area contributed by atoms with Gasteiger partial charge in [0.05, 0.1) is 17.4 Å². The average Bonchev–Trinajstić information content (AvgIpc) is 2.27. The first-order valence-corrected chi connectivity index (χ1v) is 4.75. The third-order valence-electron chi connectivity index (χ3n) is 2.41. The van der Waals surface area contributed by atoms with Gasteiger partial charge < -0.3 is 5.73 Å². The molecule has 0 saturated carbocycles. The Morgan fingerprint density at radius 2 is 1.94 bits per heavy atom. The summed E-state index contributed by atoms with van der Waals surface area (Å²) in [5, 5.41) is 0. The van der Waals surface area contributed by atoms with Gasteiger partial charge >= 0.3 is 0 Å². The number of anilines is 1. The molecule has 4 heteroatoms. The number of benzene rings is 1. The number of halogens is 2. The predicted octanol–water partition coefficient (Wildman–Crippen LogP) is 2.92. The number of hydrogen-bond acceptors (Lipinski definition) is 2. The molecule has 82 valence electrons. The van der Waals surface area contributed by atoms with Crippen molar-refractivity contribution in [2.75, 3.05) is 5.73 Å². The van der Waals surface area contributed by atoms with Gasteiger partial charge in [0.2, 0.25) is 0 Å². The first-order valence-electron chi connectivity index (χ1n) is 4.75. The fourth-order valence-electron chi connectivity index (χ4n) is 1.54. The minimum absolute atomic E-state index is 0.0973. The van der Waals surface area contributed by atoms with Gasteiger partial charge in [-0.05, 0) is 24.6 Å². The largest absolute Gasteiger partial charge is 0.397 e. The van der Waals surface area contributed by atoms with Crippen LogP contribution in [0, 0.1) is 18.6 Å². The van der Waals surface area contributed by atoms with Crippen LogP contribution in [0.5, 0.6) is 0 Å². The van der Waals surface area contributed by atoms with Crippen LogP contribution in [0.2, 0.25) is 0 Å². The second-order valence-corrected chi connectivity index (χ2v) is 3.52. The summed E-state index contributed by atoms with van der Waals surface area (Å²) in [6.07, 6.45) is 2.82. The summed E-state index contributed by atoms with van der Waals surface area (Å²) in [7, 11) is 0. The van der Waals surface area contributed by atoms with E-state index in [4.69, 9.17) is 5.73 Å². The van der Waals surface area contributed by atoms with E-state index >= 15 is 0 Å². The van der Waals surface area contributed by atoms with Crippen LogP contribution in [0.25, 0.3) is 11.1 Å². The Balaban J connectivity index is 2.74. The predicted molar refractivity (Wildman–Crippen MR) is 58.7 cm³/mol. The summed E-state index contributed by atoms with van der Waals surface area (Å²) in [6.45, 7) is 1.58. The van der Waals surface area contributed by atoms with E-state index in [0.29, 0.717) is 11.1 Å². The number of hydrogen-bond donors (Lipinski definition) is 1. The van der Waals surface area contributed by atoms with Crippen LogP contribution in [0.15, 0.2) is 30.6 Å². The van der Waals surface area contributed by atoms with Crippen LogP contribution in [0.1, 0.15) is 5.56 Å². The Morgan fingerprint density at radius 1 is 1.19 bits per heavy atom. The van der Waals surface area contributed by atoms with E-state index in [2.05, 4.69) is 4.98 Å². The smallest absolute Gasteiger partial charge is 0.136 e. The molecule has 0 bridgehead atoms. The second-order valence-electron chi connectivity index (χ2n) is 3.52. The topological polar surface area (TPSA) is 38.9 Å². The number of nitrogens with zero attached hydrogens (tertiary/aromatic N) is 1. The van der Waals surface area contributed by atoms with Gasteiger partial charge in [0, 0.05) is 11.8 Å². The van der Waals surface area contributed by atoms with Crippen LogP contribution in [-0.4, -0.2) is 4.98 Å². The minimum Gasteiger partial charge on any atom is -0.397 e. The van der Waals surface area contributed by atoms with Crippen molar-refractivity contribution in [3.05, 3.63) is 47.8 Å². The molecule has 0 radical (unpaired) electrons. The highest BCUT2D eigenvalue weighted by molar-refractivity contribution is 5.76. The van der Waals surface area contributed by atoms with E-state index in [1.54, 1.807) is 6.92 Å². The quantitative estimate of drug-likeness (QED) is 0.802. The molecule has 0 aliphatic carbocycles. The molecule has 0 amide bonds. The molecule has 0 aliphatic heterocycles. The molecule has 1 aromatic heterocycles. The molecule has 0 saturated heterocycles. The second kappa shape index (κ2) is 3.89. The normalized spacial score (nSPS) is 10.4. The van der Waals surface area contributed by atoms with Gasteiger partial charge in [0.25, 0.3) is 0 Å². The molecule has 0 spiro atoms. The van der Waals surface area contributed by atoms with Crippen LogP contribution in [0.3, 0.4) is 0 Å². The van der Waals surface area contributed by atoms with Gasteiger partial charge in [0.1, 0.15) is 11.6 Å². The van der Waals surface area contributed by atoms with Crippen molar-refractivity contribution in [3.8, 4) is 11.1 Å². The highest BCUT2D eigenvalue weighted by Gasteiger charge is 2.15. The van der Waals surface area contributed by atoms with E-state index in [0.717, 1.165) is 0 Å². The number of aromatic nitrogens is 1. The first-order chi connectivity index (χ1) is 7.61. The number of aryl methyl sites for hydroxylation is 1. The Morgan fingerprint density at radius 3 is 2.62 bits per heavy atom. The summed E-state index contributed by atoms with van der Waals surface area (Å²) in [5.41, 5.74) is 6.51. The van der Waals surface area contributed by atoms with Crippen molar-refractivity contribution in [1.82, 2.24) is 4.98 Å². The molecule has 2 rings (SSSR count). The van der Waals surface area contributed by atoms with E-state index in [1.165, 1.54) is 30.6 Å². The molecule has 2 N–H and O–H groups in total. The number of nitrogens with two attached hydrogens (primary N) is 1. The standard InChI is InChI=1S/C12H10F2N2/c1-7-2-3-9(13)11(12(7)14)8-4-5-16-6-10(8)15/h2-6H,15H2,1H3. The summed E-state index contributed by atoms with van der Waals surface area (Å²) >= 11 is 0. The van der Waals surface area contributed by atoms with Gasteiger partial charge in [-0.15, -0.1) is 0 Å². The molecule has 0 unspecified atom stereocenters. The van der Waals surface area contributed by atoms with Crippen molar-refractivity contribution >= 4 is 5.69 Å². The zero-order chi connectivity index (χ0) is 11.7. The fourth-order valence-corrected chi connectivity index (χ4v) is 1.54. The van der Waals surface area contributed by atoms with Crippen LogP contribution >= 0.6 is 0 Å². The molecule has 2 aromatic rings. The molecule has 0 atom stereocenters. The van der Waals surface area contributed by atoms with Crippen molar-refractivity contribution in [2.24, 2.45) is 0 Å². The Labute approximate surface area is 91.7 Å². The highest BCUT2D eigenvalue weighted by atomic mass is 19.1. The fraction of sp³-hybridized carbons (Fsp3) is 0.0833. The maximum absolute atomic E-state index is 13.8. The van der Waals surface area contributed by atoms with Crippen molar-refractivity contribution in [1.29, 1.82) is 0 Å². The lowest BCUT2D eigenvalue weighted by molar-refractivity contribution is 0.584. The monoisotopic (exact) mass is 220 g/mol. The average molecular weight is 220 g/mol. The molecule has 0 aliphatic rings. The lowest BCUT2D eigenvalue weighted by atomic mass is 10.0. The van der Waals surface area contributed by atoms with Crippen molar-refractivity contribution < 1.29 is 8.78 Å². The summed E-state index contributed by atoms with van der Waals surface area (Å²) in [4.78, 5) is 3.78. The van der Waals surface area contributed by atoms with Gasteiger partial charge in [-0.1, -0.05) is 6.07 Å². The molecular formula is C12H10F2N2. The van der Waals surface area contributed by atoms with Gasteiger partial charge in [-0.3, -0.25) is 4.98 Å². The number of pyridine rings is 1. The highest BCUT2D eigenvalue weighted by Crippen LogP contribution is 2.31. The van der Waals surface area contributed by atoms with Crippen LogP contribution < -0.4 is 5.73 Å². The SMILES string of the molecule is Cc1ccc(F)c(-c2ccncc2N)c1F. The zero-order valence-corrected chi connectivity index (χ0v) is 8.67. The van der Waals surface area contributed by atoms with Gasteiger partial charge in [-0.25, -0.2) is 8.78 Å². The lowest BCUT2D eigenvalue weighted by Crippen LogP contribution is -1.97. The molecule has 16 heavy (non-hydrogen) atoms. The maximum atomic E-state index is 13.8. The molecule has 1 aromatic carbocycles. The molecular weight excluding hydrogens is 210 g/mol. The number of nitrogen functional groups attached to an aromatic ring is 1. The van der Waals surface area contributed by atoms with E-state index < -0.39 is 11.6 Å². The van der Waals surface area contributed by atoms with Crippen molar-refractivity contribution in [3.63, 3.8) is 0 Å². The van der Waals surface area contributed by atoms with Crippen LogP contribution in [0.4, 0.5) is 14.5 Å². The number of rotatable bonds is 1.